The highest BCUT2D eigenvalue weighted by Crippen LogP contribution is 2.23. The van der Waals surface area contributed by atoms with Crippen LogP contribution in [-0.4, -0.2) is 42.9 Å². The number of hydrogen-bond donors (Lipinski definition) is 0. The number of isocyanates is 1. The molecule has 0 aromatic heterocycles. The van der Waals surface area contributed by atoms with Crippen LogP contribution in [0.3, 0.4) is 0 Å². The van der Waals surface area contributed by atoms with Crippen molar-refractivity contribution in [2.75, 3.05) is 25.0 Å². The summed E-state index contributed by atoms with van der Waals surface area (Å²) in [7, 11) is 1.60. The summed E-state index contributed by atoms with van der Waals surface area (Å²) in [5.74, 6) is -0.266. The summed E-state index contributed by atoms with van der Waals surface area (Å²) in [4.78, 5) is 40.2. The number of anilines is 1. The van der Waals surface area contributed by atoms with Gasteiger partial charge in [0.1, 0.15) is 6.54 Å². The molecule has 0 unspecified atom stereocenters. The standard InChI is InChI=1S/C13H13N3O3/c1-15-7-13(19)16(8-12(15)18)11-5-3-2-4-10(11)6-14-9-17/h2-5H,6-8H2,1H3. The molecule has 0 spiro atoms. The van der Waals surface area contributed by atoms with E-state index in [0.717, 1.165) is 5.56 Å². The molecule has 6 heteroatoms. The van der Waals surface area contributed by atoms with E-state index < -0.39 is 0 Å². The predicted octanol–water partition coefficient (Wildman–Crippen LogP) is 0.327. The van der Waals surface area contributed by atoms with Crippen LogP contribution in [0.2, 0.25) is 0 Å². The van der Waals surface area contributed by atoms with E-state index in [1.54, 1.807) is 31.3 Å². The molecule has 1 aromatic rings. The van der Waals surface area contributed by atoms with Gasteiger partial charge >= 0.3 is 0 Å². The molecule has 1 fully saturated rings. The normalized spacial score (nSPS) is 15.4. The van der Waals surface area contributed by atoms with E-state index in [0.29, 0.717) is 5.69 Å². The number of piperazine rings is 1. The molecule has 1 aromatic carbocycles. The Morgan fingerprint density at radius 3 is 2.68 bits per heavy atom. The zero-order valence-corrected chi connectivity index (χ0v) is 10.5. The fourth-order valence-corrected chi connectivity index (χ4v) is 1.97. The summed E-state index contributed by atoms with van der Waals surface area (Å²) in [6.45, 7) is 0.217. The Kier molecular flexibility index (Phi) is 3.73. The molecule has 1 aliphatic heterocycles. The minimum atomic E-state index is -0.148. The van der Waals surface area contributed by atoms with Gasteiger partial charge in [0.15, 0.2) is 0 Å². The van der Waals surface area contributed by atoms with E-state index in [9.17, 15) is 14.4 Å². The fraction of sp³-hybridized carbons (Fsp3) is 0.308. The molecule has 1 heterocycles. The first-order valence-corrected chi connectivity index (χ1v) is 5.79. The van der Waals surface area contributed by atoms with Gasteiger partial charge in [0, 0.05) is 12.7 Å². The molecule has 2 amide bonds. The van der Waals surface area contributed by atoms with E-state index in [1.165, 1.54) is 15.9 Å². The molecule has 0 bridgehead atoms. The van der Waals surface area contributed by atoms with Gasteiger partial charge < -0.3 is 9.80 Å². The highest BCUT2D eigenvalue weighted by molar-refractivity contribution is 6.04. The maximum Gasteiger partial charge on any atom is 0.247 e. The lowest BCUT2D eigenvalue weighted by molar-refractivity contribution is -0.136. The van der Waals surface area contributed by atoms with Crippen molar-refractivity contribution in [2.24, 2.45) is 4.99 Å². The summed E-state index contributed by atoms with van der Waals surface area (Å²) in [6.07, 6.45) is 1.47. The Labute approximate surface area is 110 Å². The smallest absolute Gasteiger partial charge is 0.247 e. The van der Waals surface area contributed by atoms with Crippen molar-refractivity contribution in [3.05, 3.63) is 29.8 Å². The predicted molar refractivity (Wildman–Crippen MR) is 68.3 cm³/mol. The van der Waals surface area contributed by atoms with Crippen molar-refractivity contribution in [1.82, 2.24) is 4.90 Å². The second-order valence-electron chi connectivity index (χ2n) is 4.27. The number of carbonyl (C=O) groups excluding carboxylic acids is 3. The number of benzene rings is 1. The van der Waals surface area contributed by atoms with Gasteiger partial charge in [-0.3, -0.25) is 9.59 Å². The minimum Gasteiger partial charge on any atom is -0.335 e. The van der Waals surface area contributed by atoms with Crippen molar-refractivity contribution in [1.29, 1.82) is 0 Å². The maximum atomic E-state index is 12.0. The molecule has 0 aliphatic carbocycles. The maximum absolute atomic E-state index is 12.0. The fourth-order valence-electron chi connectivity index (χ4n) is 1.97. The average Bonchev–Trinajstić information content (AvgIpc) is 2.41. The molecule has 1 saturated heterocycles. The lowest BCUT2D eigenvalue weighted by Crippen LogP contribution is -2.52. The van der Waals surface area contributed by atoms with Gasteiger partial charge in [-0.15, -0.1) is 0 Å². The number of hydrogen-bond acceptors (Lipinski definition) is 4. The zero-order valence-electron chi connectivity index (χ0n) is 10.5. The minimum absolute atomic E-state index is 0.0111. The quantitative estimate of drug-likeness (QED) is 0.580. The summed E-state index contributed by atoms with van der Waals surface area (Å²) in [5, 5.41) is 0. The van der Waals surface area contributed by atoms with E-state index in [4.69, 9.17) is 0 Å². The molecule has 2 rings (SSSR count). The van der Waals surface area contributed by atoms with Crippen molar-refractivity contribution < 1.29 is 14.4 Å². The van der Waals surface area contributed by atoms with E-state index >= 15 is 0 Å². The SMILES string of the molecule is CN1CC(=O)N(c2ccccc2CN=C=O)CC1=O. The number of amides is 2. The Bertz CT molecular complexity index is 564. The summed E-state index contributed by atoms with van der Waals surface area (Å²) >= 11 is 0. The van der Waals surface area contributed by atoms with E-state index in [1.807, 2.05) is 0 Å². The number of likely N-dealkylation sites (N-methyl/N-ethyl adjacent to an activating group) is 1. The van der Waals surface area contributed by atoms with Crippen molar-refractivity contribution in [3.8, 4) is 0 Å². The van der Waals surface area contributed by atoms with Crippen LogP contribution in [0.5, 0.6) is 0 Å². The third-order valence-electron chi connectivity index (χ3n) is 2.99. The largest absolute Gasteiger partial charge is 0.335 e. The monoisotopic (exact) mass is 259 g/mol. The van der Waals surface area contributed by atoms with Gasteiger partial charge in [-0.05, 0) is 11.6 Å². The van der Waals surface area contributed by atoms with Gasteiger partial charge in [-0.25, -0.2) is 9.79 Å². The summed E-state index contributed by atoms with van der Waals surface area (Å²) < 4.78 is 0. The van der Waals surface area contributed by atoms with Crippen molar-refractivity contribution in [3.63, 3.8) is 0 Å². The molecular weight excluding hydrogens is 246 g/mol. The van der Waals surface area contributed by atoms with Gasteiger partial charge in [0.2, 0.25) is 17.9 Å². The Balaban J connectivity index is 2.33. The Morgan fingerprint density at radius 1 is 1.21 bits per heavy atom. The Hall–Kier alpha value is -2.46. The van der Waals surface area contributed by atoms with E-state index in [2.05, 4.69) is 4.99 Å². The lowest BCUT2D eigenvalue weighted by atomic mass is 10.1. The Morgan fingerprint density at radius 2 is 1.95 bits per heavy atom. The molecule has 19 heavy (non-hydrogen) atoms. The first kappa shape index (κ1) is 13.0. The van der Waals surface area contributed by atoms with Gasteiger partial charge in [-0.1, -0.05) is 18.2 Å². The number of rotatable bonds is 3. The molecule has 6 nitrogen and oxygen atoms in total. The van der Waals surface area contributed by atoms with Crippen LogP contribution >= 0.6 is 0 Å². The third kappa shape index (κ3) is 2.69. The van der Waals surface area contributed by atoms with Crippen molar-refractivity contribution in [2.45, 2.75) is 6.54 Å². The van der Waals surface area contributed by atoms with Gasteiger partial charge in [-0.2, -0.15) is 0 Å². The van der Waals surface area contributed by atoms with Gasteiger partial charge in [0.25, 0.3) is 0 Å². The highest BCUT2D eigenvalue weighted by atomic mass is 16.2. The number of carbonyl (C=O) groups is 2. The molecule has 0 radical (unpaired) electrons. The molecule has 0 saturated carbocycles. The molecule has 0 atom stereocenters. The van der Waals surface area contributed by atoms with Crippen LogP contribution in [0.4, 0.5) is 5.69 Å². The molecule has 0 N–H and O–H groups in total. The van der Waals surface area contributed by atoms with Crippen LogP contribution < -0.4 is 4.90 Å². The summed E-state index contributed by atoms with van der Waals surface area (Å²) in [6, 6.07) is 7.08. The molecule has 98 valence electrons. The topological polar surface area (TPSA) is 70.1 Å². The number of aliphatic imine (C=N–C) groups is 1. The zero-order chi connectivity index (χ0) is 13.8. The van der Waals surface area contributed by atoms with Crippen LogP contribution in [-0.2, 0) is 20.9 Å². The molecule has 1 aliphatic rings. The lowest BCUT2D eigenvalue weighted by Gasteiger charge is -2.32. The second-order valence-corrected chi connectivity index (χ2v) is 4.27. The highest BCUT2D eigenvalue weighted by Gasteiger charge is 2.29. The average molecular weight is 259 g/mol. The summed E-state index contributed by atoms with van der Waals surface area (Å²) in [5.41, 5.74) is 1.34. The van der Waals surface area contributed by atoms with Crippen LogP contribution in [0, 0.1) is 0 Å². The van der Waals surface area contributed by atoms with Gasteiger partial charge in [0.05, 0.1) is 13.1 Å². The van der Waals surface area contributed by atoms with Crippen LogP contribution in [0.25, 0.3) is 0 Å². The van der Waals surface area contributed by atoms with Crippen LogP contribution in [0.15, 0.2) is 29.3 Å². The van der Waals surface area contributed by atoms with E-state index in [-0.39, 0.29) is 31.4 Å². The first-order chi connectivity index (χ1) is 9.13. The van der Waals surface area contributed by atoms with Crippen LogP contribution in [0.1, 0.15) is 5.56 Å². The molecular formula is C13H13N3O3. The number of para-hydroxylation sites is 1. The second kappa shape index (κ2) is 5.46. The van der Waals surface area contributed by atoms with Crippen molar-refractivity contribution >= 4 is 23.6 Å². The number of nitrogens with zero attached hydrogens (tertiary/aromatic N) is 3. The third-order valence-corrected chi connectivity index (χ3v) is 2.99. The first-order valence-electron chi connectivity index (χ1n) is 5.79.